The second-order valence-corrected chi connectivity index (χ2v) is 7.11. The number of benzene rings is 2. The quantitative estimate of drug-likeness (QED) is 0.703. The normalized spacial score (nSPS) is 14.8. The highest BCUT2D eigenvalue weighted by Crippen LogP contribution is 2.32. The van der Waals surface area contributed by atoms with Gasteiger partial charge in [-0.05, 0) is 68.2 Å². The molecule has 0 bridgehead atoms. The molecule has 1 aliphatic heterocycles. The van der Waals surface area contributed by atoms with Gasteiger partial charge in [0.1, 0.15) is 17.6 Å². The molecule has 6 heteroatoms. The number of hydrogen-bond donors (Lipinski definition) is 1. The topological polar surface area (TPSA) is 69.4 Å². The molecule has 146 valence electrons. The zero-order valence-electron chi connectivity index (χ0n) is 16.3. The van der Waals surface area contributed by atoms with Crippen molar-refractivity contribution in [3.63, 3.8) is 0 Å². The van der Waals surface area contributed by atoms with Crippen LogP contribution in [0.1, 0.15) is 29.8 Å². The molecular weight excluding hydrogens is 354 g/mol. The highest BCUT2D eigenvalue weighted by molar-refractivity contribution is 5.63. The maximum atomic E-state index is 6.30. The van der Waals surface area contributed by atoms with Crippen molar-refractivity contribution in [3.05, 3.63) is 59.4 Å². The molecule has 0 unspecified atom stereocenters. The fourth-order valence-electron chi connectivity index (χ4n) is 3.40. The van der Waals surface area contributed by atoms with Gasteiger partial charge in [-0.1, -0.05) is 23.4 Å². The Labute approximate surface area is 164 Å². The van der Waals surface area contributed by atoms with Gasteiger partial charge in [-0.25, -0.2) is 0 Å². The van der Waals surface area contributed by atoms with Gasteiger partial charge in [0.25, 0.3) is 5.89 Å². The molecule has 6 nitrogen and oxygen atoms in total. The SMILES string of the molecule is COc1cccc(Cc2noc(-c3ccc(C)cc3OC3CCNCC3)n2)c1. The summed E-state index contributed by atoms with van der Waals surface area (Å²) in [6.45, 7) is 4.02. The Kier molecular flexibility index (Phi) is 5.58. The van der Waals surface area contributed by atoms with Gasteiger partial charge in [0.15, 0.2) is 5.82 Å². The van der Waals surface area contributed by atoms with Crippen molar-refractivity contribution in [2.45, 2.75) is 32.3 Å². The van der Waals surface area contributed by atoms with Gasteiger partial charge in [-0.2, -0.15) is 4.98 Å². The van der Waals surface area contributed by atoms with Gasteiger partial charge in [0, 0.05) is 6.42 Å². The average Bonchev–Trinajstić information content (AvgIpc) is 3.17. The summed E-state index contributed by atoms with van der Waals surface area (Å²) in [4.78, 5) is 4.60. The lowest BCUT2D eigenvalue weighted by molar-refractivity contribution is 0.163. The van der Waals surface area contributed by atoms with Crippen LogP contribution in [0.2, 0.25) is 0 Å². The summed E-state index contributed by atoms with van der Waals surface area (Å²) in [7, 11) is 1.66. The Balaban J connectivity index is 1.55. The van der Waals surface area contributed by atoms with Crippen LogP contribution < -0.4 is 14.8 Å². The molecule has 0 saturated carbocycles. The molecule has 1 aromatic heterocycles. The monoisotopic (exact) mass is 379 g/mol. The number of aromatic nitrogens is 2. The van der Waals surface area contributed by atoms with Crippen molar-refractivity contribution in [2.24, 2.45) is 0 Å². The minimum atomic E-state index is 0.209. The predicted molar refractivity (Wildman–Crippen MR) is 107 cm³/mol. The van der Waals surface area contributed by atoms with Crippen molar-refractivity contribution in [1.82, 2.24) is 15.5 Å². The van der Waals surface area contributed by atoms with Crippen LogP contribution in [0.5, 0.6) is 11.5 Å². The zero-order valence-corrected chi connectivity index (χ0v) is 16.3. The number of nitrogens with one attached hydrogen (secondary N) is 1. The lowest BCUT2D eigenvalue weighted by Gasteiger charge is -2.24. The van der Waals surface area contributed by atoms with Crippen LogP contribution in [0.3, 0.4) is 0 Å². The fraction of sp³-hybridized carbons (Fsp3) is 0.364. The summed E-state index contributed by atoms with van der Waals surface area (Å²) in [5.41, 5.74) is 3.05. The first-order valence-electron chi connectivity index (χ1n) is 9.65. The minimum absolute atomic E-state index is 0.209. The van der Waals surface area contributed by atoms with Crippen LogP contribution in [0.15, 0.2) is 47.0 Å². The molecule has 0 radical (unpaired) electrons. The molecule has 28 heavy (non-hydrogen) atoms. The van der Waals surface area contributed by atoms with Crippen molar-refractivity contribution >= 4 is 0 Å². The number of rotatable bonds is 6. The predicted octanol–water partition coefficient (Wildman–Crippen LogP) is 3.78. The molecule has 0 atom stereocenters. The molecular formula is C22H25N3O3. The molecule has 4 rings (SSSR count). The standard InChI is InChI=1S/C22H25N3O3/c1-15-6-7-19(20(12-15)27-17-8-10-23-11-9-17)22-24-21(25-28-22)14-16-4-3-5-18(13-16)26-2/h3-7,12-13,17,23H,8-11,14H2,1-2H3. The van der Waals surface area contributed by atoms with Crippen molar-refractivity contribution in [2.75, 3.05) is 20.2 Å². The van der Waals surface area contributed by atoms with Gasteiger partial charge >= 0.3 is 0 Å². The number of piperidine rings is 1. The van der Waals surface area contributed by atoms with Gasteiger partial charge in [0.2, 0.25) is 0 Å². The van der Waals surface area contributed by atoms with Gasteiger partial charge in [0.05, 0.1) is 12.7 Å². The van der Waals surface area contributed by atoms with E-state index < -0.39 is 0 Å². The third kappa shape index (κ3) is 4.34. The van der Waals surface area contributed by atoms with E-state index in [1.807, 2.05) is 42.5 Å². The first kappa shape index (κ1) is 18.5. The largest absolute Gasteiger partial charge is 0.497 e. The summed E-state index contributed by atoms with van der Waals surface area (Å²) < 4.78 is 17.1. The molecule has 1 N–H and O–H groups in total. The van der Waals surface area contributed by atoms with Crippen molar-refractivity contribution in [3.8, 4) is 23.0 Å². The number of hydrogen-bond acceptors (Lipinski definition) is 6. The first-order valence-corrected chi connectivity index (χ1v) is 9.65. The molecule has 0 spiro atoms. The Morgan fingerprint density at radius 3 is 2.82 bits per heavy atom. The third-order valence-corrected chi connectivity index (χ3v) is 4.91. The third-order valence-electron chi connectivity index (χ3n) is 4.91. The Morgan fingerprint density at radius 1 is 1.14 bits per heavy atom. The summed E-state index contributed by atoms with van der Waals surface area (Å²) in [5.74, 6) is 2.75. The zero-order chi connectivity index (χ0) is 19.3. The minimum Gasteiger partial charge on any atom is -0.497 e. The molecule has 1 saturated heterocycles. The van der Waals surface area contributed by atoms with E-state index in [0.29, 0.717) is 18.1 Å². The summed E-state index contributed by atoms with van der Waals surface area (Å²) >= 11 is 0. The Bertz CT molecular complexity index is 932. The van der Waals surface area contributed by atoms with E-state index in [0.717, 1.165) is 54.1 Å². The smallest absolute Gasteiger partial charge is 0.261 e. The van der Waals surface area contributed by atoms with E-state index in [2.05, 4.69) is 22.4 Å². The maximum Gasteiger partial charge on any atom is 0.261 e. The summed E-state index contributed by atoms with van der Waals surface area (Å²) in [6.07, 6.45) is 2.79. The molecule has 3 aromatic rings. The second kappa shape index (κ2) is 8.44. The lowest BCUT2D eigenvalue weighted by Crippen LogP contribution is -2.34. The van der Waals surface area contributed by atoms with Crippen LogP contribution in [-0.2, 0) is 6.42 Å². The first-order chi connectivity index (χ1) is 13.7. The Morgan fingerprint density at radius 2 is 2.00 bits per heavy atom. The summed E-state index contributed by atoms with van der Waals surface area (Å²) in [6, 6.07) is 14.0. The number of methoxy groups -OCH3 is 1. The van der Waals surface area contributed by atoms with Crippen molar-refractivity contribution in [1.29, 1.82) is 0 Å². The highest BCUT2D eigenvalue weighted by Gasteiger charge is 2.20. The lowest BCUT2D eigenvalue weighted by atomic mass is 10.1. The van der Waals surface area contributed by atoms with Crippen LogP contribution in [0, 0.1) is 6.92 Å². The van der Waals surface area contributed by atoms with Crippen LogP contribution in [0.25, 0.3) is 11.5 Å². The second-order valence-electron chi connectivity index (χ2n) is 7.11. The number of nitrogens with zero attached hydrogens (tertiary/aromatic N) is 2. The maximum absolute atomic E-state index is 6.30. The molecule has 1 aliphatic rings. The van der Waals surface area contributed by atoms with E-state index in [1.165, 1.54) is 0 Å². The fourth-order valence-corrected chi connectivity index (χ4v) is 3.40. The average molecular weight is 379 g/mol. The van der Waals surface area contributed by atoms with Crippen LogP contribution in [0.4, 0.5) is 0 Å². The molecule has 0 aliphatic carbocycles. The molecule has 2 heterocycles. The van der Waals surface area contributed by atoms with Gasteiger partial charge in [-0.15, -0.1) is 0 Å². The van der Waals surface area contributed by atoms with E-state index >= 15 is 0 Å². The molecule has 0 amide bonds. The highest BCUT2D eigenvalue weighted by atomic mass is 16.5. The van der Waals surface area contributed by atoms with E-state index in [9.17, 15) is 0 Å². The molecule has 2 aromatic carbocycles. The summed E-state index contributed by atoms with van der Waals surface area (Å²) in [5, 5.41) is 7.52. The Hall–Kier alpha value is -2.86. The van der Waals surface area contributed by atoms with E-state index in [-0.39, 0.29) is 6.10 Å². The number of aryl methyl sites for hydroxylation is 1. The van der Waals surface area contributed by atoms with Crippen LogP contribution >= 0.6 is 0 Å². The van der Waals surface area contributed by atoms with Crippen LogP contribution in [-0.4, -0.2) is 36.4 Å². The van der Waals surface area contributed by atoms with Gasteiger partial charge in [-0.3, -0.25) is 0 Å². The van der Waals surface area contributed by atoms with E-state index in [4.69, 9.17) is 14.0 Å². The van der Waals surface area contributed by atoms with Gasteiger partial charge < -0.3 is 19.3 Å². The van der Waals surface area contributed by atoms with Crippen molar-refractivity contribution < 1.29 is 14.0 Å². The number of ether oxygens (including phenoxy) is 2. The molecule has 1 fully saturated rings. The van der Waals surface area contributed by atoms with E-state index in [1.54, 1.807) is 7.11 Å².